The van der Waals surface area contributed by atoms with Gasteiger partial charge in [-0.15, -0.1) is 11.3 Å². The van der Waals surface area contributed by atoms with Gasteiger partial charge in [0.2, 0.25) is 0 Å². The van der Waals surface area contributed by atoms with Crippen LogP contribution in [0.25, 0.3) is 0 Å². The first-order valence-corrected chi connectivity index (χ1v) is 11.0. The number of rotatable bonds is 7. The van der Waals surface area contributed by atoms with Crippen molar-refractivity contribution in [1.82, 2.24) is 15.3 Å². The number of thiazole rings is 1. The third-order valence-electron chi connectivity index (χ3n) is 5.59. The zero-order chi connectivity index (χ0) is 22.1. The summed E-state index contributed by atoms with van der Waals surface area (Å²) in [7, 11) is 0. The Kier molecular flexibility index (Phi) is 6.36. The molecular weight excluding hydrogens is 400 g/mol. The molecular formula is C22H28N4O3S. The van der Waals surface area contributed by atoms with E-state index < -0.39 is 11.5 Å². The summed E-state index contributed by atoms with van der Waals surface area (Å²) in [6, 6.07) is 1.78. The van der Waals surface area contributed by atoms with Crippen LogP contribution in [0.1, 0.15) is 72.7 Å². The quantitative estimate of drug-likeness (QED) is 0.679. The van der Waals surface area contributed by atoms with E-state index in [1.165, 1.54) is 0 Å². The molecule has 0 radical (unpaired) electrons. The Morgan fingerprint density at radius 3 is 2.57 bits per heavy atom. The van der Waals surface area contributed by atoms with Gasteiger partial charge < -0.3 is 10.1 Å². The number of pyridine rings is 1. The van der Waals surface area contributed by atoms with Crippen molar-refractivity contribution >= 4 is 29.0 Å². The number of amides is 1. The molecule has 0 bridgehead atoms. The van der Waals surface area contributed by atoms with Crippen molar-refractivity contribution < 1.29 is 14.3 Å². The maximum atomic E-state index is 12.9. The highest BCUT2D eigenvalue weighted by Crippen LogP contribution is 2.28. The molecule has 1 amide bonds. The summed E-state index contributed by atoms with van der Waals surface area (Å²) in [5, 5.41) is 2.81. The zero-order valence-electron chi connectivity index (χ0n) is 18.3. The Morgan fingerprint density at radius 2 is 2.00 bits per heavy atom. The Morgan fingerprint density at radius 1 is 1.27 bits per heavy atom. The molecule has 0 aliphatic carbocycles. The number of carbonyl (C=O) groups excluding carboxylic acids is 2. The van der Waals surface area contributed by atoms with Gasteiger partial charge in [0.05, 0.1) is 23.4 Å². The van der Waals surface area contributed by atoms with Crippen molar-refractivity contribution in [3.63, 3.8) is 0 Å². The summed E-state index contributed by atoms with van der Waals surface area (Å²) in [6.07, 6.45) is 2.33. The van der Waals surface area contributed by atoms with Gasteiger partial charge in [-0.05, 0) is 37.3 Å². The fourth-order valence-electron chi connectivity index (χ4n) is 3.07. The van der Waals surface area contributed by atoms with E-state index in [1.54, 1.807) is 36.0 Å². The number of aromatic nitrogens is 2. The lowest BCUT2D eigenvalue weighted by atomic mass is 9.89. The molecule has 0 saturated carbocycles. The predicted octanol–water partition coefficient (Wildman–Crippen LogP) is 3.66. The predicted molar refractivity (Wildman–Crippen MR) is 117 cm³/mol. The van der Waals surface area contributed by atoms with Gasteiger partial charge >= 0.3 is 5.97 Å². The molecule has 160 valence electrons. The molecule has 0 spiro atoms. The van der Waals surface area contributed by atoms with E-state index >= 15 is 0 Å². The van der Waals surface area contributed by atoms with Crippen LogP contribution in [0.15, 0.2) is 22.8 Å². The number of carbonyl (C=O) groups is 2. The monoisotopic (exact) mass is 428 g/mol. The fraction of sp³-hybridized carbons (Fsp3) is 0.500. The molecule has 1 N–H and O–H groups in total. The van der Waals surface area contributed by atoms with Crippen molar-refractivity contribution in [2.75, 3.05) is 6.61 Å². The molecule has 2 aromatic rings. The van der Waals surface area contributed by atoms with E-state index in [0.29, 0.717) is 23.5 Å². The second-order valence-corrected chi connectivity index (χ2v) is 9.22. The van der Waals surface area contributed by atoms with Gasteiger partial charge in [-0.3, -0.25) is 9.78 Å². The third kappa shape index (κ3) is 4.28. The van der Waals surface area contributed by atoms with E-state index in [-0.39, 0.29) is 24.3 Å². The Labute approximate surface area is 181 Å². The molecule has 1 aliphatic rings. The van der Waals surface area contributed by atoms with Crippen LogP contribution < -0.4 is 5.32 Å². The van der Waals surface area contributed by atoms with Crippen molar-refractivity contribution in [3.05, 3.63) is 45.2 Å². The molecule has 0 aromatic carbocycles. The minimum Gasteiger partial charge on any atom is -0.462 e. The van der Waals surface area contributed by atoms with Gasteiger partial charge in [0, 0.05) is 17.5 Å². The molecule has 7 nitrogen and oxygen atoms in total. The minimum atomic E-state index is -0.890. The maximum Gasteiger partial charge on any atom is 0.340 e. The lowest BCUT2D eigenvalue weighted by molar-refractivity contribution is -0.124. The number of nitrogens with one attached hydrogen (secondary N) is 1. The molecule has 0 fully saturated rings. The standard InChI is InChI=1S/C22H28N4O3S/c1-12(2)15-9-16(20(27)29-8-7-17-14(5)24-11-30-17)18(23-10-15)19-25-21(28)22(6,26-19)13(3)4/h9-13H,7-8H2,1-6H3,(H,25,26,28). The highest BCUT2D eigenvalue weighted by atomic mass is 32.1. The van der Waals surface area contributed by atoms with Crippen molar-refractivity contribution in [2.24, 2.45) is 10.9 Å². The SMILES string of the molecule is Cc1ncsc1CCOC(=O)c1cc(C(C)C)cnc1C1=NC(C)(C(C)C)C(=O)N1. The van der Waals surface area contributed by atoms with Crippen LogP contribution in [0, 0.1) is 12.8 Å². The van der Waals surface area contributed by atoms with Crippen LogP contribution in [0.4, 0.5) is 0 Å². The summed E-state index contributed by atoms with van der Waals surface area (Å²) < 4.78 is 5.55. The van der Waals surface area contributed by atoms with Gasteiger partial charge in [0.15, 0.2) is 5.84 Å². The minimum absolute atomic E-state index is 0.00276. The van der Waals surface area contributed by atoms with E-state index in [0.717, 1.165) is 16.1 Å². The van der Waals surface area contributed by atoms with Crippen LogP contribution in [0.3, 0.4) is 0 Å². The number of nitrogens with zero attached hydrogens (tertiary/aromatic N) is 3. The Bertz CT molecular complexity index is 996. The average molecular weight is 429 g/mol. The largest absolute Gasteiger partial charge is 0.462 e. The smallest absolute Gasteiger partial charge is 0.340 e. The molecule has 8 heteroatoms. The molecule has 0 saturated heterocycles. The van der Waals surface area contributed by atoms with E-state index in [9.17, 15) is 9.59 Å². The van der Waals surface area contributed by atoms with Crippen molar-refractivity contribution in [3.8, 4) is 0 Å². The number of aryl methyl sites for hydroxylation is 1. The lowest BCUT2D eigenvalue weighted by Crippen LogP contribution is -2.41. The number of hydrogen-bond acceptors (Lipinski definition) is 7. The van der Waals surface area contributed by atoms with E-state index in [2.05, 4.69) is 20.3 Å². The number of amidine groups is 1. The lowest BCUT2D eigenvalue weighted by Gasteiger charge is -2.21. The molecule has 3 heterocycles. The van der Waals surface area contributed by atoms with Crippen LogP contribution in [0.5, 0.6) is 0 Å². The molecule has 1 atom stereocenters. The maximum absolute atomic E-state index is 12.9. The second kappa shape index (κ2) is 8.63. The zero-order valence-corrected chi connectivity index (χ0v) is 19.1. The van der Waals surface area contributed by atoms with Gasteiger partial charge in [0.1, 0.15) is 11.2 Å². The van der Waals surface area contributed by atoms with Gasteiger partial charge in [-0.25, -0.2) is 14.8 Å². The summed E-state index contributed by atoms with van der Waals surface area (Å²) in [6.45, 7) is 11.9. The molecule has 30 heavy (non-hydrogen) atoms. The topological polar surface area (TPSA) is 93.5 Å². The highest BCUT2D eigenvalue weighted by molar-refractivity contribution is 7.09. The average Bonchev–Trinajstić information content (AvgIpc) is 3.24. The summed E-state index contributed by atoms with van der Waals surface area (Å²) in [4.78, 5) is 39.9. The van der Waals surface area contributed by atoms with Gasteiger partial charge in [0.25, 0.3) is 5.91 Å². The molecule has 3 rings (SSSR count). The first-order valence-electron chi connectivity index (χ1n) is 10.1. The summed E-state index contributed by atoms with van der Waals surface area (Å²) >= 11 is 1.55. The molecule has 2 aromatic heterocycles. The number of esters is 1. The normalized spacial score (nSPS) is 18.7. The first kappa shape index (κ1) is 22.1. The Balaban J connectivity index is 1.88. The van der Waals surface area contributed by atoms with E-state index in [4.69, 9.17) is 4.74 Å². The fourth-order valence-corrected chi connectivity index (χ4v) is 3.83. The van der Waals surface area contributed by atoms with Crippen LogP contribution in [-0.4, -0.2) is 39.8 Å². The molecule has 1 aliphatic heterocycles. The first-order chi connectivity index (χ1) is 14.1. The number of aliphatic imine (C=N–C) groups is 1. The molecule has 1 unspecified atom stereocenters. The van der Waals surface area contributed by atoms with Crippen LogP contribution in [0.2, 0.25) is 0 Å². The Hall–Kier alpha value is -2.61. The highest BCUT2D eigenvalue weighted by Gasteiger charge is 2.43. The van der Waals surface area contributed by atoms with Crippen LogP contribution in [-0.2, 0) is 16.0 Å². The number of hydrogen-bond donors (Lipinski definition) is 1. The van der Waals surface area contributed by atoms with Crippen molar-refractivity contribution in [2.45, 2.75) is 59.4 Å². The van der Waals surface area contributed by atoms with Gasteiger partial charge in [-0.1, -0.05) is 27.7 Å². The van der Waals surface area contributed by atoms with E-state index in [1.807, 2.05) is 34.6 Å². The van der Waals surface area contributed by atoms with Crippen LogP contribution >= 0.6 is 11.3 Å². The van der Waals surface area contributed by atoms with Crippen molar-refractivity contribution in [1.29, 1.82) is 0 Å². The summed E-state index contributed by atoms with van der Waals surface area (Å²) in [5.41, 5.74) is 3.42. The van der Waals surface area contributed by atoms with Gasteiger partial charge in [-0.2, -0.15) is 0 Å². The number of ether oxygens (including phenoxy) is 1. The second-order valence-electron chi connectivity index (χ2n) is 8.28. The summed E-state index contributed by atoms with van der Waals surface area (Å²) in [5.74, 6) is -0.154. The third-order valence-corrected chi connectivity index (χ3v) is 6.58.